The van der Waals surface area contributed by atoms with Crippen LogP contribution in [0.1, 0.15) is 24.3 Å². The van der Waals surface area contributed by atoms with Crippen LogP contribution in [-0.2, 0) is 11.3 Å². The molecule has 152 valence electrons. The van der Waals surface area contributed by atoms with Crippen molar-refractivity contribution in [1.29, 1.82) is 0 Å². The van der Waals surface area contributed by atoms with Crippen molar-refractivity contribution in [3.63, 3.8) is 0 Å². The number of fused-ring (bicyclic) bond motifs is 1. The smallest absolute Gasteiger partial charge is 0.262 e. The Morgan fingerprint density at radius 2 is 2.07 bits per heavy atom. The summed E-state index contributed by atoms with van der Waals surface area (Å²) in [5.74, 6) is 0.646. The number of thioether (sulfide) groups is 1. The largest absolute Gasteiger partial charge is 0.467 e. The minimum atomic E-state index is -0.241. The third-order valence-electron chi connectivity index (χ3n) is 4.57. The highest BCUT2D eigenvalue weighted by Crippen LogP contribution is 2.19. The molecular weight excluding hydrogens is 400 g/mol. The number of benzene rings is 1. The predicted molar refractivity (Wildman–Crippen MR) is 115 cm³/mol. The molecule has 0 fully saturated rings. The normalized spacial score (nSPS) is 12.0. The van der Waals surface area contributed by atoms with Crippen molar-refractivity contribution in [2.24, 2.45) is 0 Å². The SMILES string of the molecule is C[C@H](NC(=O)CSc1nc2ccccc2c(=O)n1Cc1cccnc1)c1ccco1. The number of aromatic nitrogens is 3. The molecule has 1 amide bonds. The van der Waals surface area contributed by atoms with E-state index in [0.29, 0.717) is 28.4 Å². The Bertz CT molecular complexity index is 1210. The van der Waals surface area contributed by atoms with Crippen LogP contribution in [0.15, 0.2) is 81.6 Å². The lowest BCUT2D eigenvalue weighted by molar-refractivity contribution is -0.119. The molecule has 30 heavy (non-hydrogen) atoms. The van der Waals surface area contributed by atoms with Gasteiger partial charge in [0.25, 0.3) is 5.56 Å². The summed E-state index contributed by atoms with van der Waals surface area (Å²) < 4.78 is 6.91. The van der Waals surface area contributed by atoms with Gasteiger partial charge in [0, 0.05) is 12.4 Å². The molecular formula is C22H20N4O3S. The zero-order valence-corrected chi connectivity index (χ0v) is 17.1. The molecule has 0 aliphatic heterocycles. The van der Waals surface area contributed by atoms with Gasteiger partial charge in [0.05, 0.1) is 35.5 Å². The monoisotopic (exact) mass is 420 g/mol. The minimum absolute atomic E-state index is 0.128. The fraction of sp³-hybridized carbons (Fsp3) is 0.182. The first-order chi connectivity index (χ1) is 14.6. The van der Waals surface area contributed by atoms with Crippen molar-refractivity contribution in [2.75, 3.05) is 5.75 Å². The van der Waals surface area contributed by atoms with Crippen molar-refractivity contribution in [3.8, 4) is 0 Å². The van der Waals surface area contributed by atoms with Crippen molar-refractivity contribution in [2.45, 2.75) is 24.7 Å². The van der Waals surface area contributed by atoms with E-state index in [1.54, 1.807) is 41.4 Å². The van der Waals surface area contributed by atoms with Gasteiger partial charge in [-0.05, 0) is 42.8 Å². The van der Waals surface area contributed by atoms with Crippen LogP contribution in [0.3, 0.4) is 0 Å². The van der Waals surface area contributed by atoms with Crippen molar-refractivity contribution < 1.29 is 9.21 Å². The maximum absolute atomic E-state index is 13.1. The number of amides is 1. The third kappa shape index (κ3) is 4.44. The van der Waals surface area contributed by atoms with Gasteiger partial charge in [-0.25, -0.2) is 4.98 Å². The number of rotatable bonds is 7. The quantitative estimate of drug-likeness (QED) is 0.364. The number of carbonyl (C=O) groups excluding carboxylic acids is 1. The van der Waals surface area contributed by atoms with Crippen LogP contribution >= 0.6 is 11.8 Å². The Labute approximate surface area is 177 Å². The summed E-state index contributed by atoms with van der Waals surface area (Å²) in [4.78, 5) is 34.3. The highest BCUT2D eigenvalue weighted by Gasteiger charge is 2.16. The second-order valence-corrected chi connectivity index (χ2v) is 7.70. The lowest BCUT2D eigenvalue weighted by Gasteiger charge is -2.14. The van der Waals surface area contributed by atoms with E-state index >= 15 is 0 Å². The minimum Gasteiger partial charge on any atom is -0.467 e. The second kappa shape index (κ2) is 8.96. The Morgan fingerprint density at radius 3 is 2.83 bits per heavy atom. The van der Waals surface area contributed by atoms with E-state index < -0.39 is 0 Å². The van der Waals surface area contributed by atoms with E-state index in [9.17, 15) is 9.59 Å². The Balaban J connectivity index is 1.58. The molecule has 4 rings (SSSR count). The number of para-hydroxylation sites is 1. The van der Waals surface area contributed by atoms with E-state index in [0.717, 1.165) is 5.56 Å². The number of hydrogen-bond donors (Lipinski definition) is 1. The van der Waals surface area contributed by atoms with Gasteiger partial charge in [0.15, 0.2) is 5.16 Å². The average molecular weight is 420 g/mol. The molecule has 0 radical (unpaired) electrons. The molecule has 0 saturated heterocycles. The Kier molecular flexibility index (Phi) is 5.94. The molecule has 3 aromatic heterocycles. The zero-order valence-electron chi connectivity index (χ0n) is 16.3. The molecule has 4 aromatic rings. The first-order valence-corrected chi connectivity index (χ1v) is 10.4. The fourth-order valence-electron chi connectivity index (χ4n) is 3.09. The first kappa shape index (κ1) is 19.9. The van der Waals surface area contributed by atoms with Crippen LogP contribution in [-0.4, -0.2) is 26.2 Å². The molecule has 0 saturated carbocycles. The molecule has 3 heterocycles. The van der Waals surface area contributed by atoms with E-state index in [1.165, 1.54) is 11.8 Å². The fourth-order valence-corrected chi connectivity index (χ4v) is 3.90. The van der Waals surface area contributed by atoms with Gasteiger partial charge in [0.1, 0.15) is 5.76 Å². The Morgan fingerprint density at radius 1 is 1.20 bits per heavy atom. The van der Waals surface area contributed by atoms with Gasteiger partial charge in [-0.1, -0.05) is 30.0 Å². The van der Waals surface area contributed by atoms with Crippen molar-refractivity contribution in [1.82, 2.24) is 19.9 Å². The number of carbonyl (C=O) groups is 1. The molecule has 1 aromatic carbocycles. The predicted octanol–water partition coefficient (Wildman–Crippen LogP) is 3.40. The average Bonchev–Trinajstić information content (AvgIpc) is 3.30. The first-order valence-electron chi connectivity index (χ1n) is 9.46. The molecule has 0 unspecified atom stereocenters. The highest BCUT2D eigenvalue weighted by atomic mass is 32.2. The van der Waals surface area contributed by atoms with Crippen LogP contribution in [0, 0.1) is 0 Å². The summed E-state index contributed by atoms with van der Waals surface area (Å²) in [6, 6.07) is 14.3. The van der Waals surface area contributed by atoms with Gasteiger partial charge in [-0.2, -0.15) is 0 Å². The van der Waals surface area contributed by atoms with E-state index in [-0.39, 0.29) is 23.3 Å². The molecule has 8 heteroatoms. The summed E-state index contributed by atoms with van der Waals surface area (Å²) in [5.41, 5.74) is 1.35. The van der Waals surface area contributed by atoms with E-state index in [4.69, 9.17) is 4.42 Å². The number of furan rings is 1. The van der Waals surface area contributed by atoms with Crippen LogP contribution in [0.5, 0.6) is 0 Å². The molecule has 0 aliphatic rings. The van der Waals surface area contributed by atoms with E-state index in [2.05, 4.69) is 15.3 Å². The van der Waals surface area contributed by atoms with E-state index in [1.807, 2.05) is 37.3 Å². The molecule has 0 aliphatic carbocycles. The lowest BCUT2D eigenvalue weighted by atomic mass is 10.2. The number of nitrogens with one attached hydrogen (secondary N) is 1. The molecule has 0 bridgehead atoms. The Hall–Kier alpha value is -3.39. The summed E-state index contributed by atoms with van der Waals surface area (Å²) in [6.07, 6.45) is 4.97. The van der Waals surface area contributed by atoms with Gasteiger partial charge >= 0.3 is 0 Å². The zero-order chi connectivity index (χ0) is 20.9. The number of pyridine rings is 1. The number of nitrogens with zero attached hydrogens (tertiary/aromatic N) is 3. The topological polar surface area (TPSA) is 90.0 Å². The van der Waals surface area contributed by atoms with Crippen molar-refractivity contribution in [3.05, 3.63) is 88.9 Å². The summed E-state index contributed by atoms with van der Waals surface area (Å²) in [5, 5.41) is 3.93. The molecule has 1 N–H and O–H groups in total. The van der Waals surface area contributed by atoms with Crippen LogP contribution in [0.4, 0.5) is 0 Å². The standard InChI is InChI=1S/C22H20N4O3S/c1-15(19-9-5-11-29-19)24-20(27)14-30-22-25-18-8-3-2-7-17(18)21(28)26(22)13-16-6-4-10-23-12-16/h2-12,15H,13-14H2,1H3,(H,24,27)/t15-/m0/s1. The number of hydrogen-bond acceptors (Lipinski definition) is 6. The third-order valence-corrected chi connectivity index (χ3v) is 5.55. The highest BCUT2D eigenvalue weighted by molar-refractivity contribution is 7.99. The van der Waals surface area contributed by atoms with Gasteiger partial charge in [0.2, 0.25) is 5.91 Å². The maximum atomic E-state index is 13.1. The maximum Gasteiger partial charge on any atom is 0.262 e. The summed E-state index contributed by atoms with van der Waals surface area (Å²) in [6.45, 7) is 2.19. The second-order valence-electron chi connectivity index (χ2n) is 6.76. The van der Waals surface area contributed by atoms with Gasteiger partial charge in [-0.3, -0.25) is 19.1 Å². The lowest BCUT2D eigenvalue weighted by Crippen LogP contribution is -2.29. The summed E-state index contributed by atoms with van der Waals surface area (Å²) in [7, 11) is 0. The van der Waals surface area contributed by atoms with Gasteiger partial charge in [-0.15, -0.1) is 0 Å². The van der Waals surface area contributed by atoms with Crippen molar-refractivity contribution >= 4 is 28.6 Å². The van der Waals surface area contributed by atoms with Crippen LogP contribution in [0.25, 0.3) is 10.9 Å². The molecule has 0 spiro atoms. The molecule has 1 atom stereocenters. The summed E-state index contributed by atoms with van der Waals surface area (Å²) >= 11 is 1.23. The van der Waals surface area contributed by atoms with Crippen LogP contribution < -0.4 is 10.9 Å². The van der Waals surface area contributed by atoms with Crippen LogP contribution in [0.2, 0.25) is 0 Å². The molecule has 7 nitrogen and oxygen atoms in total. The van der Waals surface area contributed by atoms with Gasteiger partial charge < -0.3 is 9.73 Å².